The van der Waals surface area contributed by atoms with E-state index < -0.39 is 0 Å². The van der Waals surface area contributed by atoms with Gasteiger partial charge < -0.3 is 14.8 Å². The SMILES string of the molecule is CNC1CCOC(c2c(OC)ccc3ccccc23)C1. The van der Waals surface area contributed by atoms with Gasteiger partial charge in [-0.05, 0) is 36.7 Å². The van der Waals surface area contributed by atoms with E-state index in [4.69, 9.17) is 9.47 Å². The maximum atomic E-state index is 6.03. The second-order valence-corrected chi connectivity index (χ2v) is 5.27. The average Bonchev–Trinajstić information content (AvgIpc) is 2.53. The molecule has 2 aromatic carbocycles. The lowest BCUT2D eigenvalue weighted by molar-refractivity contribution is 0.00122. The summed E-state index contributed by atoms with van der Waals surface area (Å²) in [6.45, 7) is 0.794. The van der Waals surface area contributed by atoms with Crippen LogP contribution in [0.3, 0.4) is 0 Å². The lowest BCUT2D eigenvalue weighted by atomic mass is 9.93. The third-order valence-corrected chi connectivity index (χ3v) is 4.16. The van der Waals surface area contributed by atoms with E-state index in [1.165, 1.54) is 16.3 Å². The van der Waals surface area contributed by atoms with Crippen LogP contribution in [0.2, 0.25) is 0 Å². The first kappa shape index (κ1) is 13.4. The van der Waals surface area contributed by atoms with Crippen LogP contribution in [-0.4, -0.2) is 26.8 Å². The zero-order valence-corrected chi connectivity index (χ0v) is 12.1. The molecule has 2 aromatic rings. The van der Waals surface area contributed by atoms with Crippen molar-refractivity contribution in [1.29, 1.82) is 0 Å². The molecule has 3 rings (SSSR count). The summed E-state index contributed by atoms with van der Waals surface area (Å²) >= 11 is 0. The summed E-state index contributed by atoms with van der Waals surface area (Å²) in [5.74, 6) is 0.922. The molecule has 2 unspecified atom stereocenters. The minimum atomic E-state index is 0.0993. The topological polar surface area (TPSA) is 30.5 Å². The number of fused-ring (bicyclic) bond motifs is 1. The molecule has 0 saturated carbocycles. The highest BCUT2D eigenvalue weighted by molar-refractivity contribution is 5.88. The van der Waals surface area contributed by atoms with Gasteiger partial charge in [-0.2, -0.15) is 0 Å². The molecule has 0 aliphatic carbocycles. The molecular formula is C17H21NO2. The van der Waals surface area contributed by atoms with E-state index in [1.54, 1.807) is 7.11 Å². The minimum Gasteiger partial charge on any atom is -0.496 e. The van der Waals surface area contributed by atoms with Gasteiger partial charge in [0.15, 0.2) is 0 Å². The third-order valence-electron chi connectivity index (χ3n) is 4.16. The lowest BCUT2D eigenvalue weighted by Gasteiger charge is -2.31. The Kier molecular flexibility index (Phi) is 3.90. The Labute approximate surface area is 119 Å². The van der Waals surface area contributed by atoms with E-state index in [-0.39, 0.29) is 6.10 Å². The molecular weight excluding hydrogens is 250 g/mol. The van der Waals surface area contributed by atoms with Gasteiger partial charge in [0.2, 0.25) is 0 Å². The number of ether oxygens (including phenoxy) is 2. The Morgan fingerprint density at radius 2 is 2.05 bits per heavy atom. The summed E-state index contributed by atoms with van der Waals surface area (Å²) < 4.78 is 11.6. The zero-order chi connectivity index (χ0) is 13.9. The predicted octanol–water partition coefficient (Wildman–Crippen LogP) is 3.29. The first-order valence-electron chi connectivity index (χ1n) is 7.18. The van der Waals surface area contributed by atoms with Crippen LogP contribution < -0.4 is 10.1 Å². The molecule has 2 atom stereocenters. The molecule has 1 fully saturated rings. The van der Waals surface area contributed by atoms with E-state index in [0.717, 1.165) is 25.2 Å². The summed E-state index contributed by atoms with van der Waals surface area (Å²) in [6.07, 6.45) is 2.16. The fraction of sp³-hybridized carbons (Fsp3) is 0.412. The van der Waals surface area contributed by atoms with Crippen LogP contribution in [0.5, 0.6) is 5.75 Å². The van der Waals surface area contributed by atoms with Gasteiger partial charge in [-0.15, -0.1) is 0 Å². The highest BCUT2D eigenvalue weighted by Crippen LogP contribution is 2.38. The molecule has 0 bridgehead atoms. The average molecular weight is 271 g/mol. The van der Waals surface area contributed by atoms with Gasteiger partial charge >= 0.3 is 0 Å². The molecule has 1 heterocycles. The fourth-order valence-corrected chi connectivity index (χ4v) is 3.05. The van der Waals surface area contributed by atoms with Crippen LogP contribution in [0.1, 0.15) is 24.5 Å². The fourth-order valence-electron chi connectivity index (χ4n) is 3.05. The normalized spacial score (nSPS) is 22.9. The van der Waals surface area contributed by atoms with Crippen molar-refractivity contribution in [2.75, 3.05) is 20.8 Å². The number of hydrogen-bond donors (Lipinski definition) is 1. The lowest BCUT2D eigenvalue weighted by Crippen LogP contribution is -2.33. The van der Waals surface area contributed by atoms with Crippen molar-refractivity contribution in [1.82, 2.24) is 5.32 Å². The van der Waals surface area contributed by atoms with Crippen LogP contribution >= 0.6 is 0 Å². The number of methoxy groups -OCH3 is 1. The zero-order valence-electron chi connectivity index (χ0n) is 12.1. The Morgan fingerprint density at radius 1 is 1.20 bits per heavy atom. The smallest absolute Gasteiger partial charge is 0.125 e. The van der Waals surface area contributed by atoms with Gasteiger partial charge in [0.05, 0.1) is 13.2 Å². The van der Waals surface area contributed by atoms with E-state index in [9.17, 15) is 0 Å². The van der Waals surface area contributed by atoms with Crippen molar-refractivity contribution >= 4 is 10.8 Å². The highest BCUT2D eigenvalue weighted by atomic mass is 16.5. The van der Waals surface area contributed by atoms with Crippen molar-refractivity contribution in [3.05, 3.63) is 42.0 Å². The predicted molar refractivity (Wildman–Crippen MR) is 81.3 cm³/mol. The Balaban J connectivity index is 2.08. The Bertz CT molecular complexity index is 597. The summed E-state index contributed by atoms with van der Waals surface area (Å²) in [4.78, 5) is 0. The van der Waals surface area contributed by atoms with Crippen LogP contribution in [0.4, 0.5) is 0 Å². The molecule has 1 aliphatic rings. The van der Waals surface area contributed by atoms with E-state index in [1.807, 2.05) is 13.1 Å². The highest BCUT2D eigenvalue weighted by Gasteiger charge is 2.26. The number of benzene rings is 2. The van der Waals surface area contributed by atoms with Crippen molar-refractivity contribution in [3.8, 4) is 5.75 Å². The number of nitrogens with one attached hydrogen (secondary N) is 1. The van der Waals surface area contributed by atoms with Gasteiger partial charge in [0.1, 0.15) is 5.75 Å². The van der Waals surface area contributed by atoms with Crippen LogP contribution in [0, 0.1) is 0 Å². The first-order chi connectivity index (χ1) is 9.83. The van der Waals surface area contributed by atoms with Gasteiger partial charge in [-0.3, -0.25) is 0 Å². The maximum absolute atomic E-state index is 6.03. The van der Waals surface area contributed by atoms with Crippen molar-refractivity contribution < 1.29 is 9.47 Å². The monoisotopic (exact) mass is 271 g/mol. The van der Waals surface area contributed by atoms with E-state index >= 15 is 0 Å². The molecule has 0 amide bonds. The molecule has 20 heavy (non-hydrogen) atoms. The van der Waals surface area contributed by atoms with Crippen LogP contribution in [0.25, 0.3) is 10.8 Å². The quantitative estimate of drug-likeness (QED) is 0.929. The summed E-state index contributed by atoms with van der Waals surface area (Å²) in [6, 6.07) is 13.1. The van der Waals surface area contributed by atoms with Gasteiger partial charge in [-0.1, -0.05) is 30.3 Å². The van der Waals surface area contributed by atoms with Crippen molar-refractivity contribution in [2.45, 2.75) is 25.0 Å². The van der Waals surface area contributed by atoms with Gasteiger partial charge in [0.25, 0.3) is 0 Å². The molecule has 1 N–H and O–H groups in total. The molecule has 1 saturated heterocycles. The molecule has 1 aliphatic heterocycles. The van der Waals surface area contributed by atoms with Crippen LogP contribution in [-0.2, 0) is 4.74 Å². The van der Waals surface area contributed by atoms with Gasteiger partial charge in [0, 0.05) is 18.2 Å². The second-order valence-electron chi connectivity index (χ2n) is 5.27. The largest absolute Gasteiger partial charge is 0.496 e. The molecule has 0 aromatic heterocycles. The first-order valence-corrected chi connectivity index (χ1v) is 7.18. The Hall–Kier alpha value is -1.58. The number of rotatable bonds is 3. The van der Waals surface area contributed by atoms with Crippen molar-refractivity contribution in [2.24, 2.45) is 0 Å². The van der Waals surface area contributed by atoms with E-state index in [2.05, 4.69) is 35.6 Å². The summed E-state index contributed by atoms with van der Waals surface area (Å²) in [5.41, 5.74) is 1.19. The summed E-state index contributed by atoms with van der Waals surface area (Å²) in [5, 5.41) is 5.83. The molecule has 106 valence electrons. The standard InChI is InChI=1S/C17H21NO2/c1-18-13-9-10-20-16(11-13)17-14-6-4-3-5-12(14)7-8-15(17)19-2/h3-8,13,16,18H,9-11H2,1-2H3. The molecule has 3 nitrogen and oxygen atoms in total. The van der Waals surface area contributed by atoms with Crippen molar-refractivity contribution in [3.63, 3.8) is 0 Å². The van der Waals surface area contributed by atoms with Gasteiger partial charge in [-0.25, -0.2) is 0 Å². The molecule has 0 spiro atoms. The third kappa shape index (κ3) is 2.39. The minimum absolute atomic E-state index is 0.0993. The Morgan fingerprint density at radius 3 is 2.85 bits per heavy atom. The maximum Gasteiger partial charge on any atom is 0.125 e. The van der Waals surface area contributed by atoms with Crippen LogP contribution in [0.15, 0.2) is 36.4 Å². The molecule has 3 heteroatoms. The number of hydrogen-bond acceptors (Lipinski definition) is 3. The molecule has 0 radical (unpaired) electrons. The summed E-state index contributed by atoms with van der Waals surface area (Å²) in [7, 11) is 3.75. The second kappa shape index (κ2) is 5.81. The van der Waals surface area contributed by atoms with E-state index in [0.29, 0.717) is 6.04 Å².